The molecule has 0 saturated carbocycles. The fourth-order valence-corrected chi connectivity index (χ4v) is 2.83. The molecule has 1 N–H and O–H groups in total. The zero-order valence-corrected chi connectivity index (χ0v) is 15.5. The highest BCUT2D eigenvalue weighted by molar-refractivity contribution is 6.04. The number of fused-ring (bicyclic) bond motifs is 1. The van der Waals surface area contributed by atoms with Crippen molar-refractivity contribution < 1.29 is 23.2 Å². The Balaban J connectivity index is 1.59. The first-order valence-corrected chi connectivity index (χ1v) is 8.45. The number of carbonyl (C=O) groups is 1. The highest BCUT2D eigenvalue weighted by atomic mass is 16.5. The van der Waals surface area contributed by atoms with Gasteiger partial charge in [0.25, 0.3) is 5.91 Å². The standard InChI is InChI=1S/C20H17N3O5/c1-11-21-15-8-12(4-6-18(15)27-11)22-20(24)16-10-19(28-23-16)14-9-13(25-2)5-7-17(14)26-3/h4-10H,1-3H3,(H,22,24). The molecule has 28 heavy (non-hydrogen) atoms. The van der Waals surface area contributed by atoms with E-state index in [0.717, 1.165) is 0 Å². The van der Waals surface area contributed by atoms with Gasteiger partial charge in [0.1, 0.15) is 17.0 Å². The van der Waals surface area contributed by atoms with E-state index in [1.165, 1.54) is 0 Å². The third-order valence-corrected chi connectivity index (χ3v) is 4.17. The van der Waals surface area contributed by atoms with Gasteiger partial charge in [0.2, 0.25) is 0 Å². The maximum atomic E-state index is 12.5. The van der Waals surface area contributed by atoms with Gasteiger partial charge in [0.15, 0.2) is 22.9 Å². The molecule has 0 fully saturated rings. The zero-order chi connectivity index (χ0) is 19.7. The number of nitrogens with one attached hydrogen (secondary N) is 1. The summed E-state index contributed by atoms with van der Waals surface area (Å²) in [6, 6.07) is 12.0. The Labute approximate surface area is 160 Å². The molecule has 8 heteroatoms. The summed E-state index contributed by atoms with van der Waals surface area (Å²) in [5.74, 6) is 1.76. The van der Waals surface area contributed by atoms with Gasteiger partial charge in [-0.2, -0.15) is 0 Å². The molecule has 8 nitrogen and oxygen atoms in total. The minimum absolute atomic E-state index is 0.135. The van der Waals surface area contributed by atoms with Crippen LogP contribution in [0.3, 0.4) is 0 Å². The highest BCUT2D eigenvalue weighted by Crippen LogP contribution is 2.33. The van der Waals surface area contributed by atoms with Gasteiger partial charge in [-0.3, -0.25) is 4.79 Å². The molecule has 0 aliphatic rings. The summed E-state index contributed by atoms with van der Waals surface area (Å²) in [4.78, 5) is 16.8. The number of ether oxygens (including phenoxy) is 2. The van der Waals surface area contributed by atoms with Crippen molar-refractivity contribution in [2.24, 2.45) is 0 Å². The van der Waals surface area contributed by atoms with E-state index in [0.29, 0.717) is 45.5 Å². The van der Waals surface area contributed by atoms with Crippen LogP contribution in [-0.4, -0.2) is 30.3 Å². The van der Waals surface area contributed by atoms with E-state index >= 15 is 0 Å². The average Bonchev–Trinajstić information content (AvgIpc) is 3.33. The number of aryl methyl sites for hydroxylation is 1. The van der Waals surface area contributed by atoms with Crippen molar-refractivity contribution in [3.05, 3.63) is 54.0 Å². The molecule has 0 radical (unpaired) electrons. The van der Waals surface area contributed by atoms with E-state index < -0.39 is 5.91 Å². The summed E-state index contributed by atoms with van der Waals surface area (Å²) in [6.45, 7) is 1.77. The number of anilines is 1. The van der Waals surface area contributed by atoms with E-state index in [1.807, 2.05) is 0 Å². The van der Waals surface area contributed by atoms with Gasteiger partial charge in [-0.1, -0.05) is 5.16 Å². The number of methoxy groups -OCH3 is 2. The minimum atomic E-state index is -0.406. The monoisotopic (exact) mass is 379 g/mol. The minimum Gasteiger partial charge on any atom is -0.497 e. The van der Waals surface area contributed by atoms with Crippen molar-refractivity contribution in [1.82, 2.24) is 10.1 Å². The first-order chi connectivity index (χ1) is 13.6. The Bertz CT molecular complexity index is 1160. The van der Waals surface area contributed by atoms with Crippen LogP contribution in [0.4, 0.5) is 5.69 Å². The van der Waals surface area contributed by atoms with Gasteiger partial charge < -0.3 is 23.7 Å². The SMILES string of the molecule is COc1ccc(OC)c(-c2cc(C(=O)Nc3ccc4oc(C)nc4c3)no2)c1. The third-order valence-electron chi connectivity index (χ3n) is 4.17. The van der Waals surface area contributed by atoms with Crippen LogP contribution < -0.4 is 14.8 Å². The van der Waals surface area contributed by atoms with E-state index in [4.69, 9.17) is 18.4 Å². The van der Waals surface area contributed by atoms with E-state index in [9.17, 15) is 4.79 Å². The van der Waals surface area contributed by atoms with Gasteiger partial charge >= 0.3 is 0 Å². The van der Waals surface area contributed by atoms with Crippen LogP contribution in [-0.2, 0) is 0 Å². The molecule has 0 spiro atoms. The van der Waals surface area contributed by atoms with Crippen molar-refractivity contribution in [1.29, 1.82) is 0 Å². The number of amides is 1. The van der Waals surface area contributed by atoms with Crippen LogP contribution >= 0.6 is 0 Å². The van der Waals surface area contributed by atoms with Crippen LogP contribution in [0.5, 0.6) is 11.5 Å². The topological polar surface area (TPSA) is 99.6 Å². The van der Waals surface area contributed by atoms with E-state index in [2.05, 4.69) is 15.5 Å². The molecule has 1 amide bonds. The second-order valence-electron chi connectivity index (χ2n) is 6.01. The number of carbonyl (C=O) groups excluding carboxylic acids is 1. The summed E-state index contributed by atoms with van der Waals surface area (Å²) in [5, 5.41) is 6.64. The molecule has 4 aromatic rings. The van der Waals surface area contributed by atoms with E-state index in [1.54, 1.807) is 63.6 Å². The fourth-order valence-electron chi connectivity index (χ4n) is 2.83. The first-order valence-electron chi connectivity index (χ1n) is 8.45. The number of aromatic nitrogens is 2. The maximum Gasteiger partial charge on any atom is 0.277 e. The quantitative estimate of drug-likeness (QED) is 0.558. The Morgan fingerprint density at radius 2 is 1.93 bits per heavy atom. The van der Waals surface area contributed by atoms with Crippen LogP contribution in [0, 0.1) is 6.92 Å². The summed E-state index contributed by atoms with van der Waals surface area (Å²) < 4.78 is 21.4. The second-order valence-corrected chi connectivity index (χ2v) is 6.01. The number of hydrogen-bond donors (Lipinski definition) is 1. The molecule has 0 saturated heterocycles. The predicted octanol–water partition coefficient (Wildman–Crippen LogP) is 4.06. The fraction of sp³-hybridized carbons (Fsp3) is 0.150. The molecule has 142 valence electrons. The Morgan fingerprint density at radius 3 is 2.71 bits per heavy atom. The summed E-state index contributed by atoms with van der Waals surface area (Å²) in [6.07, 6.45) is 0. The lowest BCUT2D eigenvalue weighted by Crippen LogP contribution is -2.12. The molecule has 0 aliphatic carbocycles. The van der Waals surface area contributed by atoms with Gasteiger partial charge in [-0.05, 0) is 36.4 Å². The van der Waals surface area contributed by atoms with Crippen molar-refractivity contribution in [2.75, 3.05) is 19.5 Å². The summed E-state index contributed by atoms with van der Waals surface area (Å²) in [7, 11) is 3.12. The van der Waals surface area contributed by atoms with Crippen LogP contribution in [0.25, 0.3) is 22.4 Å². The number of oxazole rings is 1. The molecule has 4 rings (SSSR count). The lowest BCUT2D eigenvalue weighted by molar-refractivity contribution is 0.101. The van der Waals surface area contributed by atoms with E-state index in [-0.39, 0.29) is 5.69 Å². The van der Waals surface area contributed by atoms with Crippen molar-refractivity contribution in [3.63, 3.8) is 0 Å². The predicted molar refractivity (Wildman–Crippen MR) is 102 cm³/mol. The molecule has 0 atom stereocenters. The van der Waals surface area contributed by atoms with Crippen molar-refractivity contribution in [3.8, 4) is 22.8 Å². The normalized spacial score (nSPS) is 10.8. The van der Waals surface area contributed by atoms with Crippen LogP contribution in [0.15, 0.2) is 51.4 Å². The molecule has 2 aromatic heterocycles. The lowest BCUT2D eigenvalue weighted by atomic mass is 10.1. The molecular formula is C20H17N3O5. The summed E-state index contributed by atoms with van der Waals surface area (Å²) >= 11 is 0. The molecule has 2 heterocycles. The number of hydrogen-bond acceptors (Lipinski definition) is 7. The number of benzene rings is 2. The molecular weight excluding hydrogens is 362 g/mol. The first kappa shape index (κ1) is 17.6. The smallest absolute Gasteiger partial charge is 0.277 e. The highest BCUT2D eigenvalue weighted by Gasteiger charge is 2.18. The van der Waals surface area contributed by atoms with Gasteiger partial charge in [-0.15, -0.1) is 0 Å². The van der Waals surface area contributed by atoms with Gasteiger partial charge in [0.05, 0.1) is 19.8 Å². The largest absolute Gasteiger partial charge is 0.497 e. The Morgan fingerprint density at radius 1 is 1.07 bits per heavy atom. The number of nitrogens with zero attached hydrogens (tertiary/aromatic N) is 2. The third kappa shape index (κ3) is 3.27. The average molecular weight is 379 g/mol. The molecule has 2 aromatic carbocycles. The second kappa shape index (κ2) is 7.07. The van der Waals surface area contributed by atoms with Gasteiger partial charge in [-0.25, -0.2) is 4.98 Å². The Hall–Kier alpha value is -3.81. The molecule has 0 aliphatic heterocycles. The molecule has 0 unspecified atom stereocenters. The zero-order valence-electron chi connectivity index (χ0n) is 15.5. The summed E-state index contributed by atoms with van der Waals surface area (Å²) in [5.41, 5.74) is 2.67. The van der Waals surface area contributed by atoms with Crippen LogP contribution in [0.1, 0.15) is 16.4 Å². The maximum absolute atomic E-state index is 12.5. The Kier molecular flexibility index (Phi) is 4.44. The van der Waals surface area contributed by atoms with Crippen molar-refractivity contribution >= 4 is 22.7 Å². The lowest BCUT2D eigenvalue weighted by Gasteiger charge is -2.07. The van der Waals surface area contributed by atoms with Crippen molar-refractivity contribution in [2.45, 2.75) is 6.92 Å². The van der Waals surface area contributed by atoms with Gasteiger partial charge in [0, 0.05) is 18.7 Å². The van der Waals surface area contributed by atoms with Crippen LogP contribution in [0.2, 0.25) is 0 Å². The molecule has 0 bridgehead atoms. The number of rotatable bonds is 5.